The number of benzene rings is 1. The second-order valence-corrected chi connectivity index (χ2v) is 7.81. The summed E-state index contributed by atoms with van der Waals surface area (Å²) in [6.45, 7) is 10.6. The smallest absolute Gasteiger partial charge is 0.444 e. The molecule has 0 aromatic heterocycles. The molecule has 0 aliphatic heterocycles. The summed E-state index contributed by atoms with van der Waals surface area (Å²) in [6, 6.07) is 9.19. The van der Waals surface area contributed by atoms with Gasteiger partial charge in [-0.25, -0.2) is 9.59 Å². The average Bonchev–Trinajstić information content (AvgIpc) is 2.42. The van der Waals surface area contributed by atoms with E-state index in [1.54, 1.807) is 41.5 Å². The van der Waals surface area contributed by atoms with Crippen LogP contribution >= 0.6 is 0 Å². The van der Waals surface area contributed by atoms with Crippen molar-refractivity contribution in [1.82, 2.24) is 5.32 Å². The second-order valence-electron chi connectivity index (χ2n) is 7.81. The van der Waals surface area contributed by atoms with Gasteiger partial charge in [0.2, 0.25) is 0 Å². The molecule has 1 atom stereocenters. The lowest BCUT2D eigenvalue weighted by atomic mass is 10.1. The molecule has 0 radical (unpaired) electrons. The van der Waals surface area contributed by atoms with Crippen LogP contribution in [0.4, 0.5) is 9.59 Å². The molecule has 1 aromatic carbocycles. The maximum absolute atomic E-state index is 12.0. The van der Waals surface area contributed by atoms with Crippen molar-refractivity contribution in [2.75, 3.05) is 6.61 Å². The van der Waals surface area contributed by atoms with Crippen molar-refractivity contribution < 1.29 is 23.8 Å². The number of carbonyl (C=O) groups is 2. The Labute approximate surface area is 149 Å². The van der Waals surface area contributed by atoms with Crippen LogP contribution in [0.25, 0.3) is 0 Å². The first-order valence-corrected chi connectivity index (χ1v) is 8.34. The van der Waals surface area contributed by atoms with E-state index >= 15 is 0 Å². The standard InChI is InChI=1S/C19H29NO5/c1-18(2,3)24-16(21)20-15(12-14-10-8-7-9-11-14)13-23-17(22)25-19(4,5)6/h7-11,15H,12-13H2,1-6H3,(H,20,21)/t15-/m1/s1. The summed E-state index contributed by atoms with van der Waals surface area (Å²) in [4.78, 5) is 23.8. The predicted octanol–water partition coefficient (Wildman–Crippen LogP) is 4.07. The van der Waals surface area contributed by atoms with Crippen molar-refractivity contribution in [1.29, 1.82) is 0 Å². The number of nitrogens with one attached hydrogen (secondary N) is 1. The molecule has 0 aliphatic carbocycles. The van der Waals surface area contributed by atoms with Gasteiger partial charge in [-0.2, -0.15) is 0 Å². The van der Waals surface area contributed by atoms with Crippen molar-refractivity contribution in [2.45, 2.75) is 65.2 Å². The summed E-state index contributed by atoms with van der Waals surface area (Å²) >= 11 is 0. The number of carbonyl (C=O) groups excluding carboxylic acids is 2. The highest BCUT2D eigenvalue weighted by Crippen LogP contribution is 2.11. The van der Waals surface area contributed by atoms with E-state index in [4.69, 9.17) is 14.2 Å². The second kappa shape index (κ2) is 8.74. The van der Waals surface area contributed by atoms with Gasteiger partial charge in [-0.1, -0.05) is 30.3 Å². The zero-order chi connectivity index (χ0) is 19.1. The maximum Gasteiger partial charge on any atom is 0.508 e. The fraction of sp³-hybridized carbons (Fsp3) is 0.579. The molecule has 0 unspecified atom stereocenters. The van der Waals surface area contributed by atoms with Gasteiger partial charge in [-0.3, -0.25) is 0 Å². The van der Waals surface area contributed by atoms with Crippen molar-refractivity contribution in [3.63, 3.8) is 0 Å². The van der Waals surface area contributed by atoms with E-state index in [9.17, 15) is 9.59 Å². The summed E-state index contributed by atoms with van der Waals surface area (Å²) in [5.41, 5.74) is -0.228. The molecule has 6 nitrogen and oxygen atoms in total. The van der Waals surface area contributed by atoms with Crippen LogP contribution in [-0.2, 0) is 20.6 Å². The average molecular weight is 351 g/mol. The zero-order valence-corrected chi connectivity index (χ0v) is 15.9. The number of hydrogen-bond donors (Lipinski definition) is 1. The van der Waals surface area contributed by atoms with Crippen molar-refractivity contribution in [2.24, 2.45) is 0 Å². The molecule has 140 valence electrons. The number of hydrogen-bond acceptors (Lipinski definition) is 5. The summed E-state index contributed by atoms with van der Waals surface area (Å²) < 4.78 is 15.5. The molecule has 1 rings (SSSR count). The maximum atomic E-state index is 12.0. The first-order chi connectivity index (χ1) is 11.4. The number of alkyl carbamates (subject to hydrolysis) is 1. The van der Waals surface area contributed by atoms with Gasteiger partial charge >= 0.3 is 12.2 Å². The van der Waals surface area contributed by atoms with Gasteiger partial charge < -0.3 is 19.5 Å². The minimum Gasteiger partial charge on any atom is -0.444 e. The van der Waals surface area contributed by atoms with Crippen LogP contribution in [0.3, 0.4) is 0 Å². The molecular weight excluding hydrogens is 322 g/mol. The van der Waals surface area contributed by atoms with Crippen LogP contribution in [0.5, 0.6) is 0 Å². The monoisotopic (exact) mass is 351 g/mol. The highest BCUT2D eigenvalue weighted by Gasteiger charge is 2.23. The van der Waals surface area contributed by atoms with Gasteiger partial charge in [-0.15, -0.1) is 0 Å². The Morgan fingerprint density at radius 3 is 2.04 bits per heavy atom. The van der Waals surface area contributed by atoms with Crippen LogP contribution in [0.2, 0.25) is 0 Å². The lowest BCUT2D eigenvalue weighted by Crippen LogP contribution is -2.43. The highest BCUT2D eigenvalue weighted by molar-refractivity contribution is 5.68. The SMILES string of the molecule is CC(C)(C)OC(=O)N[C@@H](COC(=O)OC(C)(C)C)Cc1ccccc1. The molecule has 0 fully saturated rings. The van der Waals surface area contributed by atoms with E-state index in [1.165, 1.54) is 0 Å². The third kappa shape index (κ3) is 10.3. The topological polar surface area (TPSA) is 73.9 Å². The van der Waals surface area contributed by atoms with Gasteiger partial charge in [-0.05, 0) is 53.5 Å². The van der Waals surface area contributed by atoms with Crippen LogP contribution < -0.4 is 5.32 Å². The summed E-state index contributed by atoms with van der Waals surface area (Å²) in [5, 5.41) is 2.75. The summed E-state index contributed by atoms with van der Waals surface area (Å²) in [7, 11) is 0. The molecule has 0 saturated carbocycles. The minimum absolute atomic E-state index is 0.0109. The van der Waals surface area contributed by atoms with Crippen molar-refractivity contribution in [3.8, 4) is 0 Å². The largest absolute Gasteiger partial charge is 0.508 e. The fourth-order valence-electron chi connectivity index (χ4n) is 1.97. The lowest BCUT2D eigenvalue weighted by molar-refractivity contribution is -0.0119. The van der Waals surface area contributed by atoms with E-state index in [2.05, 4.69) is 5.32 Å². The molecule has 6 heteroatoms. The zero-order valence-electron chi connectivity index (χ0n) is 15.9. The first kappa shape index (κ1) is 20.8. The fourth-order valence-corrected chi connectivity index (χ4v) is 1.97. The summed E-state index contributed by atoms with van der Waals surface area (Å²) in [5.74, 6) is 0. The van der Waals surface area contributed by atoms with E-state index in [0.717, 1.165) is 5.56 Å². The molecular formula is C19H29NO5. The predicted molar refractivity (Wildman–Crippen MR) is 95.5 cm³/mol. The Bertz CT molecular complexity index is 557. The Balaban J connectivity index is 2.67. The van der Waals surface area contributed by atoms with Gasteiger partial charge in [0.15, 0.2) is 0 Å². The Kier molecular flexibility index (Phi) is 7.27. The molecule has 25 heavy (non-hydrogen) atoms. The normalized spacial score (nSPS) is 12.9. The van der Waals surface area contributed by atoms with Gasteiger partial charge in [0.05, 0.1) is 6.04 Å². The van der Waals surface area contributed by atoms with Gasteiger partial charge in [0.25, 0.3) is 0 Å². The van der Waals surface area contributed by atoms with Crippen molar-refractivity contribution in [3.05, 3.63) is 35.9 Å². The molecule has 0 bridgehead atoms. The molecule has 0 spiro atoms. The van der Waals surface area contributed by atoms with E-state index in [1.807, 2.05) is 30.3 Å². The van der Waals surface area contributed by atoms with Crippen molar-refractivity contribution >= 4 is 12.2 Å². The third-order valence-corrected chi connectivity index (χ3v) is 2.84. The number of rotatable bonds is 5. The van der Waals surface area contributed by atoms with E-state index in [-0.39, 0.29) is 6.61 Å². The minimum atomic E-state index is -0.767. The molecule has 0 aliphatic rings. The van der Waals surface area contributed by atoms with Crippen LogP contribution in [0.1, 0.15) is 47.1 Å². The van der Waals surface area contributed by atoms with E-state index in [0.29, 0.717) is 6.42 Å². The Morgan fingerprint density at radius 2 is 1.52 bits per heavy atom. The Hall–Kier alpha value is -2.24. The third-order valence-electron chi connectivity index (χ3n) is 2.84. The highest BCUT2D eigenvalue weighted by atomic mass is 16.7. The first-order valence-electron chi connectivity index (χ1n) is 8.34. The summed E-state index contributed by atoms with van der Waals surface area (Å²) in [6.07, 6.45) is -0.819. The van der Waals surface area contributed by atoms with E-state index < -0.39 is 29.5 Å². The number of amides is 1. The quantitative estimate of drug-likeness (QED) is 0.809. The number of ether oxygens (including phenoxy) is 3. The Morgan fingerprint density at radius 1 is 0.960 bits per heavy atom. The van der Waals surface area contributed by atoms with Crippen LogP contribution in [0, 0.1) is 0 Å². The van der Waals surface area contributed by atoms with Gasteiger partial charge in [0.1, 0.15) is 17.8 Å². The molecule has 1 N–H and O–H groups in total. The van der Waals surface area contributed by atoms with Crippen LogP contribution in [-0.4, -0.2) is 36.1 Å². The molecule has 0 heterocycles. The van der Waals surface area contributed by atoms with Crippen LogP contribution in [0.15, 0.2) is 30.3 Å². The molecule has 1 aromatic rings. The van der Waals surface area contributed by atoms with Gasteiger partial charge in [0, 0.05) is 0 Å². The molecule has 1 amide bonds. The molecule has 0 saturated heterocycles. The lowest BCUT2D eigenvalue weighted by Gasteiger charge is -2.24.